The van der Waals surface area contributed by atoms with Gasteiger partial charge in [-0.2, -0.15) is 5.10 Å². The van der Waals surface area contributed by atoms with Crippen molar-refractivity contribution in [2.75, 3.05) is 13.1 Å². The molecule has 0 saturated heterocycles. The topological polar surface area (TPSA) is 70.9 Å². The lowest BCUT2D eigenvalue weighted by Gasteiger charge is -2.18. The van der Waals surface area contributed by atoms with Crippen LogP contribution in [0.2, 0.25) is 0 Å². The van der Waals surface area contributed by atoms with Gasteiger partial charge in [-0.05, 0) is 12.6 Å². The summed E-state index contributed by atoms with van der Waals surface area (Å²) in [6.07, 6.45) is 0.610. The number of nitrogens with one attached hydrogen (secondary N) is 1. The van der Waals surface area contributed by atoms with Gasteiger partial charge in [-0.1, -0.05) is 25.1 Å². The molecule has 0 unspecified atom stereocenters. The molecule has 0 atom stereocenters. The highest BCUT2D eigenvalue weighted by molar-refractivity contribution is 5.81. The van der Waals surface area contributed by atoms with Crippen molar-refractivity contribution >= 4 is 16.7 Å². The molecule has 3 N–H and O–H groups in total. The largest absolute Gasteiger partial charge is 0.388 e. The predicted octanol–water partition coefficient (Wildman–Crippen LogP) is 1.72. The Hall–Kier alpha value is -1.88. The summed E-state index contributed by atoms with van der Waals surface area (Å²) in [5.41, 5.74) is 7.66. The van der Waals surface area contributed by atoms with Crippen LogP contribution < -0.4 is 5.73 Å². The summed E-state index contributed by atoms with van der Waals surface area (Å²) >= 11 is 0. The van der Waals surface area contributed by atoms with E-state index in [0.717, 1.165) is 30.8 Å². The summed E-state index contributed by atoms with van der Waals surface area (Å²) < 4.78 is 1.92. The van der Waals surface area contributed by atoms with Crippen LogP contribution in [0.1, 0.15) is 19.0 Å². The Balaban J connectivity index is 2.17. The molecular formula is C14H21N5. The first-order chi connectivity index (χ1) is 9.11. The van der Waals surface area contributed by atoms with Crippen LogP contribution in [0.25, 0.3) is 10.9 Å². The van der Waals surface area contributed by atoms with Gasteiger partial charge in [-0.25, -0.2) is 0 Å². The highest BCUT2D eigenvalue weighted by Gasteiger charge is 2.11. The molecule has 0 saturated carbocycles. The average Bonchev–Trinajstić information content (AvgIpc) is 2.72. The normalized spacial score (nSPS) is 11.3. The molecule has 1 heterocycles. The molecule has 0 spiro atoms. The van der Waals surface area contributed by atoms with E-state index in [-0.39, 0.29) is 5.84 Å². The molecule has 19 heavy (non-hydrogen) atoms. The number of hydrogen-bond acceptors (Lipinski definition) is 3. The first-order valence-electron chi connectivity index (χ1n) is 6.57. The van der Waals surface area contributed by atoms with Crippen molar-refractivity contribution in [2.45, 2.75) is 19.9 Å². The van der Waals surface area contributed by atoms with Crippen LogP contribution in [0.3, 0.4) is 0 Å². The Labute approximate surface area is 113 Å². The van der Waals surface area contributed by atoms with E-state index in [1.165, 1.54) is 5.39 Å². The van der Waals surface area contributed by atoms with Crippen LogP contribution >= 0.6 is 0 Å². The molecule has 1 aromatic heterocycles. The highest BCUT2D eigenvalue weighted by Crippen LogP contribution is 2.18. The molecule has 0 aliphatic heterocycles. The predicted molar refractivity (Wildman–Crippen MR) is 78.2 cm³/mol. The Morgan fingerprint density at radius 3 is 2.84 bits per heavy atom. The Morgan fingerprint density at radius 2 is 2.16 bits per heavy atom. The molecule has 2 aromatic rings. The van der Waals surface area contributed by atoms with E-state index in [2.05, 4.69) is 29.1 Å². The quantitative estimate of drug-likeness (QED) is 0.613. The minimum absolute atomic E-state index is 0.240. The summed E-state index contributed by atoms with van der Waals surface area (Å²) in [6, 6.07) is 8.26. The number of nitrogens with two attached hydrogens (primary N) is 1. The minimum atomic E-state index is 0.240. The van der Waals surface area contributed by atoms with E-state index in [9.17, 15) is 0 Å². The molecule has 0 amide bonds. The highest BCUT2D eigenvalue weighted by atomic mass is 15.3. The lowest BCUT2D eigenvalue weighted by atomic mass is 10.2. The van der Waals surface area contributed by atoms with Crippen LogP contribution in [-0.4, -0.2) is 33.6 Å². The number of aryl methyl sites for hydroxylation is 1. The lowest BCUT2D eigenvalue weighted by molar-refractivity contribution is 0.285. The second kappa shape index (κ2) is 5.84. The molecule has 0 aliphatic rings. The molecule has 0 aliphatic carbocycles. The summed E-state index contributed by atoms with van der Waals surface area (Å²) in [7, 11) is 1.97. The van der Waals surface area contributed by atoms with Crippen LogP contribution in [0, 0.1) is 5.41 Å². The van der Waals surface area contributed by atoms with E-state index < -0.39 is 0 Å². The van der Waals surface area contributed by atoms with Gasteiger partial charge in [0.15, 0.2) is 0 Å². The molecule has 0 radical (unpaired) electrons. The van der Waals surface area contributed by atoms with Crippen LogP contribution in [0.4, 0.5) is 0 Å². The van der Waals surface area contributed by atoms with Crippen molar-refractivity contribution in [3.63, 3.8) is 0 Å². The van der Waals surface area contributed by atoms with Crippen molar-refractivity contribution < 1.29 is 0 Å². The number of amidine groups is 1. The summed E-state index contributed by atoms with van der Waals surface area (Å²) in [5, 5.41) is 13.1. The smallest absolute Gasteiger partial charge is 0.0918 e. The van der Waals surface area contributed by atoms with Gasteiger partial charge in [0, 0.05) is 31.9 Å². The molecule has 102 valence electrons. The molecule has 0 bridgehead atoms. The van der Waals surface area contributed by atoms with Gasteiger partial charge in [-0.3, -0.25) is 15.0 Å². The third kappa shape index (κ3) is 3.12. The number of hydrogen-bond donors (Lipinski definition) is 2. The zero-order valence-corrected chi connectivity index (χ0v) is 11.6. The Bertz CT molecular complexity index is 572. The summed E-state index contributed by atoms with van der Waals surface area (Å²) in [5.74, 6) is 0.240. The van der Waals surface area contributed by atoms with Crippen molar-refractivity contribution in [3.8, 4) is 0 Å². The van der Waals surface area contributed by atoms with Gasteiger partial charge in [0.1, 0.15) is 0 Å². The van der Waals surface area contributed by atoms with Crippen molar-refractivity contribution in [3.05, 3.63) is 30.0 Å². The maximum Gasteiger partial charge on any atom is 0.0918 e. The minimum Gasteiger partial charge on any atom is -0.388 e. The number of fused-ring (bicyclic) bond motifs is 1. The van der Waals surface area contributed by atoms with E-state index in [0.29, 0.717) is 6.42 Å². The Kier molecular flexibility index (Phi) is 4.16. The Morgan fingerprint density at radius 1 is 1.42 bits per heavy atom. The SMILES string of the molecule is CCN(CCC(=N)N)Cc1nn(C)c2ccccc12. The fourth-order valence-electron chi connectivity index (χ4n) is 2.24. The molecule has 1 aromatic carbocycles. The number of nitrogens with zero attached hydrogens (tertiary/aromatic N) is 3. The van der Waals surface area contributed by atoms with Crippen molar-refractivity contribution in [1.82, 2.24) is 14.7 Å². The average molecular weight is 259 g/mol. The third-order valence-electron chi connectivity index (χ3n) is 3.35. The maximum absolute atomic E-state index is 7.31. The van der Waals surface area contributed by atoms with Crippen LogP contribution in [0.5, 0.6) is 0 Å². The third-order valence-corrected chi connectivity index (χ3v) is 3.35. The second-order valence-electron chi connectivity index (χ2n) is 4.73. The monoisotopic (exact) mass is 259 g/mol. The van der Waals surface area contributed by atoms with Gasteiger partial charge < -0.3 is 5.73 Å². The first-order valence-corrected chi connectivity index (χ1v) is 6.57. The number of benzene rings is 1. The molecular weight excluding hydrogens is 238 g/mol. The van der Waals surface area contributed by atoms with Crippen molar-refractivity contribution in [1.29, 1.82) is 5.41 Å². The number of rotatable bonds is 6. The maximum atomic E-state index is 7.31. The molecule has 2 rings (SSSR count). The van der Waals surface area contributed by atoms with E-state index in [1.54, 1.807) is 0 Å². The van der Waals surface area contributed by atoms with Gasteiger partial charge >= 0.3 is 0 Å². The zero-order valence-electron chi connectivity index (χ0n) is 11.6. The van der Waals surface area contributed by atoms with Gasteiger partial charge in [0.05, 0.1) is 17.0 Å². The van der Waals surface area contributed by atoms with E-state index in [4.69, 9.17) is 11.1 Å². The van der Waals surface area contributed by atoms with E-state index in [1.807, 2.05) is 23.9 Å². The van der Waals surface area contributed by atoms with Crippen molar-refractivity contribution in [2.24, 2.45) is 12.8 Å². The summed E-state index contributed by atoms with van der Waals surface area (Å²) in [4.78, 5) is 2.26. The standard InChI is InChI=1S/C14H21N5/c1-3-19(9-8-14(15)16)10-12-11-6-4-5-7-13(11)18(2)17-12/h4-7H,3,8-10H2,1-2H3,(H3,15,16). The summed E-state index contributed by atoms with van der Waals surface area (Å²) in [6.45, 7) is 4.64. The number of para-hydroxylation sites is 1. The fourth-order valence-corrected chi connectivity index (χ4v) is 2.24. The van der Waals surface area contributed by atoms with Gasteiger partial charge in [0.2, 0.25) is 0 Å². The first kappa shape index (κ1) is 13.5. The lowest BCUT2D eigenvalue weighted by Crippen LogP contribution is -2.27. The molecule has 5 heteroatoms. The second-order valence-corrected chi connectivity index (χ2v) is 4.73. The zero-order chi connectivity index (χ0) is 13.8. The van der Waals surface area contributed by atoms with Crippen LogP contribution in [0.15, 0.2) is 24.3 Å². The van der Waals surface area contributed by atoms with E-state index >= 15 is 0 Å². The molecule has 5 nitrogen and oxygen atoms in total. The fraction of sp³-hybridized carbons (Fsp3) is 0.429. The molecule has 0 fully saturated rings. The number of aromatic nitrogens is 2. The van der Waals surface area contributed by atoms with Gasteiger partial charge in [0.25, 0.3) is 0 Å². The van der Waals surface area contributed by atoms with Gasteiger partial charge in [-0.15, -0.1) is 0 Å². The van der Waals surface area contributed by atoms with Crippen LogP contribution in [-0.2, 0) is 13.6 Å².